The Morgan fingerprint density at radius 2 is 2.21 bits per heavy atom. The van der Waals surface area contributed by atoms with Crippen LogP contribution in [0.3, 0.4) is 0 Å². The molecule has 0 aliphatic carbocycles. The molecule has 0 saturated carbocycles. The quantitative estimate of drug-likeness (QED) is 0.787. The highest BCUT2D eigenvalue weighted by Crippen LogP contribution is 2.25. The van der Waals surface area contributed by atoms with Crippen LogP contribution in [0.25, 0.3) is 0 Å². The van der Waals surface area contributed by atoms with E-state index >= 15 is 0 Å². The first kappa shape index (κ1) is 14.0. The number of rotatable bonds is 6. The number of benzene rings is 1. The van der Waals surface area contributed by atoms with Crippen molar-refractivity contribution in [3.8, 4) is 0 Å². The molecule has 0 spiro atoms. The molecule has 3 N–H and O–H groups in total. The Balaban J connectivity index is 1.95. The van der Waals surface area contributed by atoms with E-state index in [4.69, 9.17) is 10.3 Å². The second-order valence-electron chi connectivity index (χ2n) is 4.20. The lowest BCUT2D eigenvalue weighted by molar-refractivity contribution is 0.127. The van der Waals surface area contributed by atoms with E-state index in [1.807, 2.05) is 12.1 Å². The molecule has 5 nitrogen and oxygen atoms in total. The van der Waals surface area contributed by atoms with Gasteiger partial charge in [-0.1, -0.05) is 23.4 Å². The van der Waals surface area contributed by atoms with Crippen LogP contribution in [0.4, 0.5) is 0 Å². The van der Waals surface area contributed by atoms with Gasteiger partial charge in [0.05, 0.1) is 5.75 Å². The number of thioether (sulfide) groups is 1. The van der Waals surface area contributed by atoms with Crippen molar-refractivity contribution >= 4 is 11.8 Å². The van der Waals surface area contributed by atoms with Crippen molar-refractivity contribution in [1.82, 2.24) is 10.1 Å². The lowest BCUT2D eigenvalue weighted by Crippen LogP contribution is -2.06. The van der Waals surface area contributed by atoms with Crippen LogP contribution in [0.1, 0.15) is 29.8 Å². The largest absolute Gasteiger partial charge is 0.383 e. The van der Waals surface area contributed by atoms with Gasteiger partial charge in [-0.25, -0.2) is 0 Å². The molecule has 19 heavy (non-hydrogen) atoms. The number of aromatic nitrogens is 2. The fourth-order valence-corrected chi connectivity index (χ4v) is 2.48. The third-order valence-electron chi connectivity index (χ3n) is 2.66. The van der Waals surface area contributed by atoms with E-state index < -0.39 is 6.10 Å². The summed E-state index contributed by atoms with van der Waals surface area (Å²) in [5.74, 6) is 1.44. The first-order chi connectivity index (χ1) is 9.20. The van der Waals surface area contributed by atoms with E-state index in [2.05, 4.69) is 29.2 Å². The number of nitrogens with zero attached hydrogens (tertiary/aromatic N) is 2. The molecule has 1 unspecified atom stereocenters. The predicted octanol–water partition coefficient (Wildman–Crippen LogP) is 2.05. The van der Waals surface area contributed by atoms with Crippen LogP contribution >= 0.6 is 11.8 Å². The first-order valence-corrected chi connectivity index (χ1v) is 7.08. The van der Waals surface area contributed by atoms with Crippen LogP contribution in [0.5, 0.6) is 0 Å². The molecule has 1 atom stereocenters. The SMILES string of the molecule is Cc1ccccc1SCc1noc(C(O)CCN)n1. The average molecular weight is 279 g/mol. The van der Waals surface area contributed by atoms with Gasteiger partial charge in [0, 0.05) is 4.90 Å². The molecule has 102 valence electrons. The van der Waals surface area contributed by atoms with Crippen molar-refractivity contribution in [2.45, 2.75) is 30.1 Å². The number of hydrogen-bond donors (Lipinski definition) is 2. The summed E-state index contributed by atoms with van der Waals surface area (Å²) in [7, 11) is 0. The summed E-state index contributed by atoms with van der Waals surface area (Å²) in [4.78, 5) is 5.36. The van der Waals surface area contributed by atoms with Crippen LogP contribution in [0.15, 0.2) is 33.7 Å². The average Bonchev–Trinajstić information content (AvgIpc) is 2.87. The molecule has 0 aliphatic rings. The molecule has 0 radical (unpaired) electrons. The highest BCUT2D eigenvalue weighted by atomic mass is 32.2. The van der Waals surface area contributed by atoms with Crippen LogP contribution in [-0.2, 0) is 5.75 Å². The van der Waals surface area contributed by atoms with E-state index in [1.54, 1.807) is 11.8 Å². The number of nitrogens with two attached hydrogens (primary N) is 1. The Kier molecular flexibility index (Phi) is 4.95. The topological polar surface area (TPSA) is 85.2 Å². The van der Waals surface area contributed by atoms with Crippen LogP contribution in [0, 0.1) is 6.92 Å². The van der Waals surface area contributed by atoms with Crippen LogP contribution in [-0.4, -0.2) is 21.8 Å². The Labute approximate surface area is 116 Å². The molecule has 1 aromatic heterocycles. The van der Waals surface area contributed by atoms with Gasteiger partial charge in [0.25, 0.3) is 5.89 Å². The van der Waals surface area contributed by atoms with Gasteiger partial charge in [-0.2, -0.15) is 4.98 Å². The Hall–Kier alpha value is -1.37. The minimum absolute atomic E-state index is 0.242. The summed E-state index contributed by atoms with van der Waals surface area (Å²) in [5.41, 5.74) is 6.59. The zero-order chi connectivity index (χ0) is 13.7. The van der Waals surface area contributed by atoms with Gasteiger partial charge >= 0.3 is 0 Å². The lowest BCUT2D eigenvalue weighted by Gasteiger charge is -2.02. The summed E-state index contributed by atoms with van der Waals surface area (Å²) in [6.45, 7) is 2.45. The van der Waals surface area contributed by atoms with Gasteiger partial charge in [0.2, 0.25) is 0 Å². The van der Waals surface area contributed by atoms with Gasteiger partial charge in [-0.05, 0) is 31.5 Å². The third-order valence-corrected chi connectivity index (χ3v) is 3.83. The zero-order valence-electron chi connectivity index (χ0n) is 10.7. The van der Waals surface area contributed by atoms with Crippen LogP contribution in [0.2, 0.25) is 0 Å². The van der Waals surface area contributed by atoms with Crippen molar-refractivity contribution in [2.24, 2.45) is 5.73 Å². The van der Waals surface area contributed by atoms with E-state index in [-0.39, 0.29) is 5.89 Å². The maximum Gasteiger partial charge on any atom is 0.255 e. The molecule has 0 saturated heterocycles. The normalized spacial score (nSPS) is 12.6. The van der Waals surface area contributed by atoms with Gasteiger partial charge in [0.1, 0.15) is 6.10 Å². The molecule has 6 heteroatoms. The predicted molar refractivity (Wildman–Crippen MR) is 73.7 cm³/mol. The summed E-state index contributed by atoms with van der Waals surface area (Å²) in [5, 5.41) is 13.5. The highest BCUT2D eigenvalue weighted by Gasteiger charge is 2.15. The maximum absolute atomic E-state index is 9.68. The fraction of sp³-hybridized carbons (Fsp3) is 0.385. The standard InChI is InChI=1S/C13H17N3O2S/c1-9-4-2-3-5-11(9)19-8-12-15-13(18-16-12)10(17)6-7-14/h2-5,10,17H,6-8,14H2,1H3. The fourth-order valence-electron chi connectivity index (χ4n) is 1.60. The lowest BCUT2D eigenvalue weighted by atomic mass is 10.2. The number of hydrogen-bond acceptors (Lipinski definition) is 6. The molecular formula is C13H17N3O2S. The second kappa shape index (κ2) is 6.70. The summed E-state index contributed by atoms with van der Waals surface area (Å²) >= 11 is 1.65. The summed E-state index contributed by atoms with van der Waals surface area (Å²) in [6, 6.07) is 8.14. The Morgan fingerprint density at radius 3 is 2.95 bits per heavy atom. The minimum atomic E-state index is -0.769. The molecule has 1 aromatic carbocycles. The van der Waals surface area contributed by atoms with Crippen molar-refractivity contribution in [2.75, 3.05) is 6.54 Å². The summed E-state index contributed by atoms with van der Waals surface area (Å²) < 4.78 is 5.02. The van der Waals surface area contributed by atoms with Crippen molar-refractivity contribution < 1.29 is 9.63 Å². The molecule has 0 amide bonds. The van der Waals surface area contributed by atoms with E-state index in [0.29, 0.717) is 24.5 Å². The second-order valence-corrected chi connectivity index (χ2v) is 5.21. The third kappa shape index (κ3) is 3.79. The molecular weight excluding hydrogens is 262 g/mol. The first-order valence-electron chi connectivity index (χ1n) is 6.09. The van der Waals surface area contributed by atoms with Crippen molar-refractivity contribution in [1.29, 1.82) is 0 Å². The molecule has 2 aromatic rings. The van der Waals surface area contributed by atoms with Gasteiger partial charge in [-0.15, -0.1) is 11.8 Å². The smallest absolute Gasteiger partial charge is 0.255 e. The minimum Gasteiger partial charge on any atom is -0.383 e. The maximum atomic E-state index is 9.68. The Bertz CT molecular complexity index is 530. The number of aliphatic hydroxyl groups is 1. The van der Waals surface area contributed by atoms with Gasteiger partial charge in [-0.3, -0.25) is 0 Å². The van der Waals surface area contributed by atoms with E-state index in [0.717, 1.165) is 0 Å². The monoisotopic (exact) mass is 279 g/mol. The highest BCUT2D eigenvalue weighted by molar-refractivity contribution is 7.98. The summed E-state index contributed by atoms with van der Waals surface area (Å²) in [6.07, 6.45) is -0.346. The molecule has 0 fully saturated rings. The Morgan fingerprint density at radius 1 is 1.42 bits per heavy atom. The molecule has 0 bridgehead atoms. The number of aryl methyl sites for hydroxylation is 1. The van der Waals surface area contributed by atoms with E-state index in [1.165, 1.54) is 10.5 Å². The number of aliphatic hydroxyl groups excluding tert-OH is 1. The van der Waals surface area contributed by atoms with Crippen molar-refractivity contribution in [3.05, 3.63) is 41.5 Å². The van der Waals surface area contributed by atoms with E-state index in [9.17, 15) is 5.11 Å². The van der Waals surface area contributed by atoms with Gasteiger partial charge in [0.15, 0.2) is 5.82 Å². The van der Waals surface area contributed by atoms with Gasteiger partial charge < -0.3 is 15.4 Å². The molecule has 1 heterocycles. The molecule has 2 rings (SSSR count). The molecule has 0 aliphatic heterocycles. The van der Waals surface area contributed by atoms with Crippen molar-refractivity contribution in [3.63, 3.8) is 0 Å². The van der Waals surface area contributed by atoms with Crippen LogP contribution < -0.4 is 5.73 Å². The zero-order valence-corrected chi connectivity index (χ0v) is 11.6.